The van der Waals surface area contributed by atoms with Gasteiger partial charge in [0.05, 0.1) is 12.4 Å². The Morgan fingerprint density at radius 2 is 2.16 bits per heavy atom. The fourth-order valence-electron chi connectivity index (χ4n) is 1.89. The second kappa shape index (κ2) is 6.38. The number of benzene rings is 1. The molecule has 0 radical (unpaired) electrons. The summed E-state index contributed by atoms with van der Waals surface area (Å²) in [6.45, 7) is 6.99. The van der Waals surface area contributed by atoms with E-state index in [1.54, 1.807) is 6.33 Å². The predicted octanol–water partition coefficient (Wildman–Crippen LogP) is 3.05. The maximum atomic E-state index is 5.71. The standard InChI is InChI=1S/C15H21N3O/c1-11(2)19-15-6-4-5-13(7-15)12(3)17-9-14-8-16-10-18-14/h4-8,10-12,17H,9H2,1-3H3,(H,16,18). The van der Waals surface area contributed by atoms with Gasteiger partial charge in [-0.3, -0.25) is 0 Å². The molecule has 0 saturated carbocycles. The van der Waals surface area contributed by atoms with Crippen molar-refractivity contribution in [2.45, 2.75) is 39.5 Å². The smallest absolute Gasteiger partial charge is 0.120 e. The van der Waals surface area contributed by atoms with E-state index in [4.69, 9.17) is 4.74 Å². The maximum Gasteiger partial charge on any atom is 0.120 e. The molecule has 0 aliphatic heterocycles. The molecular weight excluding hydrogens is 238 g/mol. The van der Waals surface area contributed by atoms with Gasteiger partial charge in [-0.05, 0) is 38.5 Å². The SMILES string of the molecule is CC(C)Oc1cccc(C(C)NCc2cnc[nH]2)c1. The van der Waals surface area contributed by atoms with E-state index in [-0.39, 0.29) is 12.1 Å². The molecule has 0 aliphatic rings. The van der Waals surface area contributed by atoms with Crippen molar-refractivity contribution >= 4 is 0 Å². The molecule has 0 amide bonds. The van der Waals surface area contributed by atoms with Gasteiger partial charge < -0.3 is 15.0 Å². The first-order valence-corrected chi connectivity index (χ1v) is 6.62. The molecule has 1 aromatic carbocycles. The molecule has 0 bridgehead atoms. The summed E-state index contributed by atoms with van der Waals surface area (Å²) in [5, 5.41) is 3.46. The molecule has 19 heavy (non-hydrogen) atoms. The molecular formula is C15H21N3O. The van der Waals surface area contributed by atoms with Gasteiger partial charge in [-0.15, -0.1) is 0 Å². The van der Waals surface area contributed by atoms with E-state index >= 15 is 0 Å². The zero-order valence-electron chi connectivity index (χ0n) is 11.7. The number of nitrogens with one attached hydrogen (secondary N) is 2. The van der Waals surface area contributed by atoms with Crippen molar-refractivity contribution in [2.24, 2.45) is 0 Å². The van der Waals surface area contributed by atoms with Crippen LogP contribution in [-0.4, -0.2) is 16.1 Å². The van der Waals surface area contributed by atoms with E-state index in [0.29, 0.717) is 0 Å². The van der Waals surface area contributed by atoms with Gasteiger partial charge in [0, 0.05) is 24.5 Å². The van der Waals surface area contributed by atoms with Crippen LogP contribution in [-0.2, 0) is 6.54 Å². The monoisotopic (exact) mass is 259 g/mol. The van der Waals surface area contributed by atoms with Crippen LogP contribution < -0.4 is 10.1 Å². The van der Waals surface area contributed by atoms with Crippen molar-refractivity contribution < 1.29 is 4.74 Å². The number of imidazole rings is 1. The highest BCUT2D eigenvalue weighted by atomic mass is 16.5. The van der Waals surface area contributed by atoms with Gasteiger partial charge in [0.15, 0.2) is 0 Å². The van der Waals surface area contributed by atoms with Crippen LogP contribution in [0.1, 0.15) is 38.1 Å². The number of H-pyrrole nitrogens is 1. The summed E-state index contributed by atoms with van der Waals surface area (Å²) in [4.78, 5) is 7.09. The summed E-state index contributed by atoms with van der Waals surface area (Å²) in [6, 6.07) is 8.48. The topological polar surface area (TPSA) is 49.9 Å². The lowest BCUT2D eigenvalue weighted by molar-refractivity contribution is 0.242. The Kier molecular flexibility index (Phi) is 4.58. The predicted molar refractivity (Wildman–Crippen MR) is 76.0 cm³/mol. The van der Waals surface area contributed by atoms with Gasteiger partial charge >= 0.3 is 0 Å². The third-order valence-corrected chi connectivity index (χ3v) is 2.88. The second-order valence-corrected chi connectivity index (χ2v) is 4.92. The van der Waals surface area contributed by atoms with Crippen LogP contribution in [0.4, 0.5) is 0 Å². The van der Waals surface area contributed by atoms with Crippen molar-refractivity contribution in [1.29, 1.82) is 0 Å². The third kappa shape index (κ3) is 4.10. The van der Waals surface area contributed by atoms with Crippen molar-refractivity contribution in [3.05, 3.63) is 48.0 Å². The number of hydrogen-bond donors (Lipinski definition) is 2. The first kappa shape index (κ1) is 13.6. The highest BCUT2D eigenvalue weighted by Crippen LogP contribution is 2.20. The minimum atomic E-state index is 0.198. The van der Waals surface area contributed by atoms with Crippen LogP contribution in [0.3, 0.4) is 0 Å². The second-order valence-electron chi connectivity index (χ2n) is 4.92. The van der Waals surface area contributed by atoms with E-state index in [1.807, 2.05) is 32.2 Å². The zero-order valence-corrected chi connectivity index (χ0v) is 11.7. The summed E-state index contributed by atoms with van der Waals surface area (Å²) >= 11 is 0. The van der Waals surface area contributed by atoms with Gasteiger partial charge in [-0.1, -0.05) is 12.1 Å². The van der Waals surface area contributed by atoms with Crippen molar-refractivity contribution in [1.82, 2.24) is 15.3 Å². The summed E-state index contributed by atoms with van der Waals surface area (Å²) < 4.78 is 5.71. The minimum Gasteiger partial charge on any atom is -0.491 e. The van der Waals surface area contributed by atoms with Crippen molar-refractivity contribution in [3.63, 3.8) is 0 Å². The molecule has 0 saturated heterocycles. The zero-order chi connectivity index (χ0) is 13.7. The Labute approximate surface area is 114 Å². The summed E-state index contributed by atoms with van der Waals surface area (Å²) in [6.07, 6.45) is 3.72. The van der Waals surface area contributed by atoms with Crippen molar-refractivity contribution in [3.8, 4) is 5.75 Å². The number of ether oxygens (including phenoxy) is 1. The Bertz CT molecular complexity index is 494. The Morgan fingerprint density at radius 3 is 2.84 bits per heavy atom. The van der Waals surface area contributed by atoms with Crippen LogP contribution in [0.15, 0.2) is 36.8 Å². The van der Waals surface area contributed by atoms with Crippen molar-refractivity contribution in [2.75, 3.05) is 0 Å². The molecule has 1 heterocycles. The van der Waals surface area contributed by atoms with E-state index in [0.717, 1.165) is 18.0 Å². The number of hydrogen-bond acceptors (Lipinski definition) is 3. The molecule has 2 rings (SSSR count). The molecule has 1 aromatic heterocycles. The Balaban J connectivity index is 1.96. The van der Waals surface area contributed by atoms with E-state index in [2.05, 4.69) is 34.3 Å². The van der Waals surface area contributed by atoms with Gasteiger partial charge in [0.25, 0.3) is 0 Å². The highest BCUT2D eigenvalue weighted by Gasteiger charge is 2.07. The lowest BCUT2D eigenvalue weighted by atomic mass is 10.1. The fourth-order valence-corrected chi connectivity index (χ4v) is 1.89. The third-order valence-electron chi connectivity index (χ3n) is 2.88. The molecule has 1 atom stereocenters. The fraction of sp³-hybridized carbons (Fsp3) is 0.400. The molecule has 0 aliphatic carbocycles. The molecule has 4 nitrogen and oxygen atoms in total. The average molecular weight is 259 g/mol. The van der Waals surface area contributed by atoms with Crippen LogP contribution in [0.25, 0.3) is 0 Å². The van der Waals surface area contributed by atoms with E-state index in [1.165, 1.54) is 5.56 Å². The van der Waals surface area contributed by atoms with E-state index < -0.39 is 0 Å². The molecule has 0 fully saturated rings. The van der Waals surface area contributed by atoms with Gasteiger partial charge in [0.1, 0.15) is 5.75 Å². The van der Waals surface area contributed by atoms with Gasteiger partial charge in [0.2, 0.25) is 0 Å². The number of aromatic amines is 1. The summed E-state index contributed by atoms with van der Waals surface area (Å²) in [5.74, 6) is 0.919. The quantitative estimate of drug-likeness (QED) is 0.838. The van der Waals surface area contributed by atoms with Crippen LogP contribution in [0.5, 0.6) is 5.75 Å². The first-order chi connectivity index (χ1) is 9.15. The molecule has 1 unspecified atom stereocenters. The molecule has 2 N–H and O–H groups in total. The van der Waals surface area contributed by atoms with Gasteiger partial charge in [-0.25, -0.2) is 4.98 Å². The van der Waals surface area contributed by atoms with Crippen LogP contribution in [0.2, 0.25) is 0 Å². The normalized spacial score (nSPS) is 12.6. The van der Waals surface area contributed by atoms with Crippen LogP contribution in [0, 0.1) is 0 Å². The summed E-state index contributed by atoms with van der Waals surface area (Å²) in [5.41, 5.74) is 2.30. The largest absolute Gasteiger partial charge is 0.491 e. The van der Waals surface area contributed by atoms with E-state index in [9.17, 15) is 0 Å². The molecule has 2 aromatic rings. The highest BCUT2D eigenvalue weighted by molar-refractivity contribution is 5.30. The summed E-state index contributed by atoms with van der Waals surface area (Å²) in [7, 11) is 0. The average Bonchev–Trinajstić information content (AvgIpc) is 2.88. The minimum absolute atomic E-state index is 0.198. The molecule has 102 valence electrons. The first-order valence-electron chi connectivity index (χ1n) is 6.62. The molecule has 4 heteroatoms. The maximum absolute atomic E-state index is 5.71. The number of aromatic nitrogens is 2. The lowest BCUT2D eigenvalue weighted by Gasteiger charge is -2.16. The Morgan fingerprint density at radius 1 is 1.32 bits per heavy atom. The number of rotatable bonds is 6. The van der Waals surface area contributed by atoms with Gasteiger partial charge in [-0.2, -0.15) is 0 Å². The lowest BCUT2D eigenvalue weighted by Crippen LogP contribution is -2.18. The number of nitrogens with zero attached hydrogens (tertiary/aromatic N) is 1. The van der Waals surface area contributed by atoms with Crippen LogP contribution >= 0.6 is 0 Å². The molecule has 0 spiro atoms. The Hall–Kier alpha value is -1.81.